The number of benzene rings is 1. The van der Waals surface area contributed by atoms with Crippen molar-refractivity contribution in [1.82, 2.24) is 0 Å². The molecule has 0 aliphatic heterocycles. The van der Waals surface area contributed by atoms with Crippen molar-refractivity contribution in [2.24, 2.45) is 11.8 Å². The van der Waals surface area contributed by atoms with Crippen LogP contribution in [0.5, 0.6) is 5.75 Å². The number of hydrogen-bond donors (Lipinski definition) is 0. The third kappa shape index (κ3) is 3.23. The van der Waals surface area contributed by atoms with Gasteiger partial charge in [0.25, 0.3) is 0 Å². The van der Waals surface area contributed by atoms with E-state index in [0.29, 0.717) is 5.92 Å². The van der Waals surface area contributed by atoms with Crippen molar-refractivity contribution >= 4 is 11.6 Å². The van der Waals surface area contributed by atoms with E-state index in [1.807, 2.05) is 0 Å². The smallest absolute Gasteiger partial charge is 0.123 e. The normalized spacial score (nSPS) is 26.7. The van der Waals surface area contributed by atoms with Crippen molar-refractivity contribution in [3.63, 3.8) is 0 Å². The SMILES string of the molecule is COc1cc(C)cc(C)c1C(C)(C)C1CCC(C)CC1Cl. The van der Waals surface area contributed by atoms with E-state index in [2.05, 4.69) is 46.8 Å². The van der Waals surface area contributed by atoms with Crippen LogP contribution in [0.15, 0.2) is 12.1 Å². The first-order valence-electron chi connectivity index (χ1n) is 8.07. The predicted molar refractivity (Wildman–Crippen MR) is 91.6 cm³/mol. The van der Waals surface area contributed by atoms with Gasteiger partial charge in [0, 0.05) is 10.9 Å². The quantitative estimate of drug-likeness (QED) is 0.657. The van der Waals surface area contributed by atoms with E-state index >= 15 is 0 Å². The van der Waals surface area contributed by atoms with Crippen LogP contribution in [0.25, 0.3) is 0 Å². The predicted octanol–water partition coefficient (Wildman–Crippen LogP) is 5.63. The highest BCUT2D eigenvalue weighted by atomic mass is 35.5. The summed E-state index contributed by atoms with van der Waals surface area (Å²) >= 11 is 6.75. The molecular formula is C19H29ClO. The van der Waals surface area contributed by atoms with Crippen LogP contribution >= 0.6 is 11.6 Å². The van der Waals surface area contributed by atoms with Gasteiger partial charge < -0.3 is 4.74 Å². The van der Waals surface area contributed by atoms with E-state index in [0.717, 1.165) is 18.1 Å². The molecule has 1 aromatic carbocycles. The van der Waals surface area contributed by atoms with Crippen LogP contribution in [0, 0.1) is 25.7 Å². The second-order valence-corrected chi connectivity index (χ2v) is 7.98. The summed E-state index contributed by atoms with van der Waals surface area (Å²) in [6, 6.07) is 4.41. The average molecular weight is 309 g/mol. The summed E-state index contributed by atoms with van der Waals surface area (Å²) in [6.07, 6.45) is 3.62. The summed E-state index contributed by atoms with van der Waals surface area (Å²) in [7, 11) is 1.77. The summed E-state index contributed by atoms with van der Waals surface area (Å²) in [4.78, 5) is 0. The van der Waals surface area contributed by atoms with Gasteiger partial charge in [0.2, 0.25) is 0 Å². The molecule has 2 heteroatoms. The molecule has 0 aromatic heterocycles. The fraction of sp³-hybridized carbons (Fsp3) is 0.684. The molecule has 3 atom stereocenters. The van der Waals surface area contributed by atoms with Crippen molar-refractivity contribution < 1.29 is 4.74 Å². The highest BCUT2D eigenvalue weighted by Crippen LogP contribution is 2.48. The Morgan fingerprint density at radius 1 is 1.19 bits per heavy atom. The largest absolute Gasteiger partial charge is 0.496 e. The standard InChI is InChI=1S/C19H29ClO/c1-12-7-8-15(16(20)10-12)19(4,5)18-14(3)9-13(2)11-17(18)21-6/h9,11-12,15-16H,7-8,10H2,1-6H3. The molecule has 3 unspecified atom stereocenters. The van der Waals surface area contributed by atoms with Gasteiger partial charge in [-0.05, 0) is 61.1 Å². The third-order valence-corrected chi connectivity index (χ3v) is 5.75. The number of ether oxygens (including phenoxy) is 1. The Morgan fingerprint density at radius 2 is 1.86 bits per heavy atom. The lowest BCUT2D eigenvalue weighted by atomic mass is 9.64. The fourth-order valence-corrected chi connectivity index (χ4v) is 4.97. The van der Waals surface area contributed by atoms with Crippen molar-refractivity contribution in [1.29, 1.82) is 0 Å². The van der Waals surface area contributed by atoms with Gasteiger partial charge in [-0.15, -0.1) is 11.6 Å². The molecule has 0 saturated heterocycles. The summed E-state index contributed by atoms with van der Waals surface area (Å²) < 4.78 is 5.70. The summed E-state index contributed by atoms with van der Waals surface area (Å²) in [5.41, 5.74) is 3.94. The molecule has 1 aromatic rings. The molecular weight excluding hydrogens is 280 g/mol. The van der Waals surface area contributed by atoms with E-state index in [4.69, 9.17) is 16.3 Å². The molecule has 0 radical (unpaired) electrons. The van der Waals surface area contributed by atoms with E-state index < -0.39 is 0 Å². The molecule has 21 heavy (non-hydrogen) atoms. The molecule has 0 heterocycles. The molecule has 2 rings (SSSR count). The summed E-state index contributed by atoms with van der Waals surface area (Å²) in [6.45, 7) is 11.3. The van der Waals surface area contributed by atoms with Gasteiger partial charge in [-0.1, -0.05) is 33.3 Å². The highest BCUT2D eigenvalue weighted by molar-refractivity contribution is 6.20. The Balaban J connectivity index is 2.44. The van der Waals surface area contributed by atoms with Crippen LogP contribution in [0.3, 0.4) is 0 Å². The Bertz CT molecular complexity index is 507. The van der Waals surface area contributed by atoms with E-state index in [-0.39, 0.29) is 10.8 Å². The van der Waals surface area contributed by atoms with Gasteiger partial charge in [-0.2, -0.15) is 0 Å². The maximum Gasteiger partial charge on any atom is 0.123 e. The van der Waals surface area contributed by atoms with Crippen molar-refractivity contribution in [2.45, 2.75) is 64.7 Å². The topological polar surface area (TPSA) is 9.23 Å². The molecule has 0 spiro atoms. The minimum atomic E-state index is 0.0374. The van der Waals surface area contributed by atoms with Crippen molar-refractivity contribution in [2.75, 3.05) is 7.11 Å². The molecule has 1 aliphatic rings. The van der Waals surface area contributed by atoms with Gasteiger partial charge in [-0.3, -0.25) is 0 Å². The lowest BCUT2D eigenvalue weighted by molar-refractivity contribution is 0.203. The number of methoxy groups -OCH3 is 1. The van der Waals surface area contributed by atoms with Gasteiger partial charge in [0.05, 0.1) is 7.11 Å². The Kier molecular flexibility index (Phi) is 4.92. The van der Waals surface area contributed by atoms with Crippen LogP contribution in [0.1, 0.15) is 56.7 Å². The minimum Gasteiger partial charge on any atom is -0.496 e. The van der Waals surface area contributed by atoms with Gasteiger partial charge in [0.1, 0.15) is 5.75 Å². The molecule has 118 valence electrons. The van der Waals surface area contributed by atoms with Gasteiger partial charge in [0.15, 0.2) is 0 Å². The monoisotopic (exact) mass is 308 g/mol. The summed E-state index contributed by atoms with van der Waals surface area (Å²) in [5, 5.41) is 0.258. The molecule has 1 nitrogen and oxygen atoms in total. The number of halogens is 1. The van der Waals surface area contributed by atoms with Crippen LogP contribution < -0.4 is 4.74 Å². The van der Waals surface area contributed by atoms with Crippen LogP contribution in [-0.4, -0.2) is 12.5 Å². The van der Waals surface area contributed by atoms with Gasteiger partial charge >= 0.3 is 0 Å². The zero-order valence-electron chi connectivity index (χ0n) is 14.3. The molecule has 1 fully saturated rings. The maximum absolute atomic E-state index is 6.75. The first-order valence-corrected chi connectivity index (χ1v) is 8.50. The lowest BCUT2D eigenvalue weighted by Gasteiger charge is -2.43. The Labute approximate surface area is 135 Å². The van der Waals surface area contributed by atoms with E-state index in [1.54, 1.807) is 7.11 Å². The first kappa shape index (κ1) is 16.7. The van der Waals surface area contributed by atoms with Crippen molar-refractivity contribution in [3.05, 3.63) is 28.8 Å². The van der Waals surface area contributed by atoms with Crippen molar-refractivity contribution in [3.8, 4) is 5.75 Å². The minimum absolute atomic E-state index is 0.0374. The second kappa shape index (κ2) is 6.20. The molecule has 1 saturated carbocycles. The fourth-order valence-electron chi connectivity index (χ4n) is 4.23. The zero-order valence-corrected chi connectivity index (χ0v) is 15.1. The van der Waals surface area contributed by atoms with Crippen LogP contribution in [0.2, 0.25) is 0 Å². The lowest BCUT2D eigenvalue weighted by Crippen LogP contribution is -2.39. The molecule has 0 N–H and O–H groups in total. The third-order valence-electron chi connectivity index (χ3n) is 5.27. The first-order chi connectivity index (χ1) is 9.77. The molecule has 0 amide bonds. The van der Waals surface area contributed by atoms with Gasteiger partial charge in [-0.25, -0.2) is 0 Å². The van der Waals surface area contributed by atoms with Crippen LogP contribution in [-0.2, 0) is 5.41 Å². The Morgan fingerprint density at radius 3 is 2.43 bits per heavy atom. The highest BCUT2D eigenvalue weighted by Gasteiger charge is 2.41. The Hall–Kier alpha value is -0.690. The maximum atomic E-state index is 6.75. The van der Waals surface area contributed by atoms with E-state index in [1.165, 1.54) is 29.5 Å². The second-order valence-electron chi connectivity index (χ2n) is 7.42. The molecule has 1 aliphatic carbocycles. The number of aryl methyl sites for hydroxylation is 2. The zero-order chi connectivity index (χ0) is 15.8. The van der Waals surface area contributed by atoms with E-state index in [9.17, 15) is 0 Å². The number of alkyl halides is 1. The average Bonchev–Trinajstić information content (AvgIpc) is 2.36. The summed E-state index contributed by atoms with van der Waals surface area (Å²) in [5.74, 6) is 2.27. The number of rotatable bonds is 3. The van der Waals surface area contributed by atoms with Crippen LogP contribution in [0.4, 0.5) is 0 Å². The molecule has 0 bridgehead atoms. The number of hydrogen-bond acceptors (Lipinski definition) is 1.